The SMILES string of the molecule is O=C(O)NC[C@H]1CN(c2cc(F)c(N3CCN(C(=O)CNC(=O)c4ccc(Cl)nc4)CC3)c(F)c2)C(=O)O1. The van der Waals surface area contributed by atoms with E-state index in [4.69, 9.17) is 21.4 Å². The molecule has 3 N–H and O–H groups in total. The topological polar surface area (TPSA) is 144 Å². The summed E-state index contributed by atoms with van der Waals surface area (Å²) in [6.45, 7) is 0.136. The Hall–Kier alpha value is -4.20. The van der Waals surface area contributed by atoms with Crippen molar-refractivity contribution < 1.29 is 37.8 Å². The summed E-state index contributed by atoms with van der Waals surface area (Å²) in [5.41, 5.74) is -0.107. The van der Waals surface area contributed by atoms with Crippen LogP contribution >= 0.6 is 11.6 Å². The number of piperazine rings is 1. The minimum Gasteiger partial charge on any atom is -0.465 e. The second-order valence-corrected chi connectivity index (χ2v) is 8.87. The highest BCUT2D eigenvalue weighted by Crippen LogP contribution is 2.31. The lowest BCUT2D eigenvalue weighted by Crippen LogP contribution is -2.51. The monoisotopic (exact) mass is 552 g/mol. The zero-order valence-corrected chi connectivity index (χ0v) is 20.6. The average molecular weight is 553 g/mol. The molecule has 1 atom stereocenters. The van der Waals surface area contributed by atoms with Gasteiger partial charge < -0.3 is 30.3 Å². The lowest BCUT2D eigenvalue weighted by Gasteiger charge is -2.36. The Morgan fingerprint density at radius 2 is 1.79 bits per heavy atom. The van der Waals surface area contributed by atoms with Crippen molar-refractivity contribution >= 4 is 47.0 Å². The molecule has 1 aromatic heterocycles. The van der Waals surface area contributed by atoms with E-state index in [2.05, 4.69) is 15.6 Å². The zero-order chi connectivity index (χ0) is 27.4. The van der Waals surface area contributed by atoms with Crippen molar-refractivity contribution in [2.45, 2.75) is 6.10 Å². The van der Waals surface area contributed by atoms with Crippen LogP contribution in [0.2, 0.25) is 5.15 Å². The molecule has 4 rings (SSSR count). The maximum absolute atomic E-state index is 15.0. The number of rotatable bonds is 7. The fourth-order valence-corrected chi connectivity index (χ4v) is 4.22. The van der Waals surface area contributed by atoms with Crippen molar-refractivity contribution in [1.82, 2.24) is 20.5 Å². The number of hydrogen-bond donors (Lipinski definition) is 3. The summed E-state index contributed by atoms with van der Waals surface area (Å²) < 4.78 is 35.0. The number of benzene rings is 1. The molecule has 2 aliphatic heterocycles. The molecule has 38 heavy (non-hydrogen) atoms. The molecular formula is C23H23ClF2N6O6. The number of anilines is 2. The van der Waals surface area contributed by atoms with Crippen molar-refractivity contribution in [2.75, 3.05) is 55.6 Å². The maximum Gasteiger partial charge on any atom is 0.414 e. The van der Waals surface area contributed by atoms with Crippen LogP contribution in [0.25, 0.3) is 0 Å². The molecule has 2 fully saturated rings. The molecule has 4 amide bonds. The molecule has 0 aliphatic carbocycles. The van der Waals surface area contributed by atoms with Gasteiger partial charge in [-0.3, -0.25) is 14.5 Å². The van der Waals surface area contributed by atoms with Gasteiger partial charge in [-0.25, -0.2) is 23.4 Å². The number of aromatic nitrogens is 1. The van der Waals surface area contributed by atoms with Crippen molar-refractivity contribution in [3.05, 3.63) is 52.8 Å². The molecule has 202 valence electrons. The Kier molecular flexibility index (Phi) is 8.10. The van der Waals surface area contributed by atoms with Crippen LogP contribution in [0.1, 0.15) is 10.4 Å². The van der Waals surface area contributed by atoms with Crippen LogP contribution in [0.3, 0.4) is 0 Å². The molecule has 2 saturated heterocycles. The quantitative estimate of drug-likeness (QED) is 0.440. The summed E-state index contributed by atoms with van der Waals surface area (Å²) in [4.78, 5) is 55.2. The molecule has 2 aliphatic rings. The highest BCUT2D eigenvalue weighted by Gasteiger charge is 2.34. The van der Waals surface area contributed by atoms with Crippen molar-refractivity contribution in [3.63, 3.8) is 0 Å². The van der Waals surface area contributed by atoms with E-state index in [1.807, 2.05) is 0 Å². The summed E-state index contributed by atoms with van der Waals surface area (Å²) in [5.74, 6) is -2.64. The first-order valence-electron chi connectivity index (χ1n) is 11.5. The molecule has 0 spiro atoms. The fourth-order valence-electron chi connectivity index (χ4n) is 4.11. The normalized spacial score (nSPS) is 17.3. The Morgan fingerprint density at radius 3 is 2.39 bits per heavy atom. The highest BCUT2D eigenvalue weighted by atomic mass is 35.5. The second-order valence-electron chi connectivity index (χ2n) is 8.48. The number of hydrogen-bond acceptors (Lipinski definition) is 7. The first-order valence-corrected chi connectivity index (χ1v) is 11.9. The van der Waals surface area contributed by atoms with Crippen LogP contribution in [0.5, 0.6) is 0 Å². The van der Waals surface area contributed by atoms with Crippen LogP contribution in [0.4, 0.5) is 29.7 Å². The Morgan fingerprint density at radius 1 is 1.11 bits per heavy atom. The summed E-state index contributed by atoms with van der Waals surface area (Å²) in [6, 6.07) is 4.94. The lowest BCUT2D eigenvalue weighted by atomic mass is 10.2. The van der Waals surface area contributed by atoms with Gasteiger partial charge in [0.2, 0.25) is 5.91 Å². The number of halogens is 3. The largest absolute Gasteiger partial charge is 0.465 e. The molecular weight excluding hydrogens is 530 g/mol. The van der Waals surface area contributed by atoms with E-state index in [9.17, 15) is 28.0 Å². The van der Waals surface area contributed by atoms with E-state index >= 15 is 0 Å². The smallest absolute Gasteiger partial charge is 0.414 e. The Labute approximate surface area is 220 Å². The third kappa shape index (κ3) is 6.19. The Balaban J connectivity index is 1.32. The molecule has 0 saturated carbocycles. The third-order valence-corrected chi connectivity index (χ3v) is 6.23. The van der Waals surface area contributed by atoms with Gasteiger partial charge >= 0.3 is 12.2 Å². The van der Waals surface area contributed by atoms with Gasteiger partial charge in [-0.05, 0) is 12.1 Å². The third-order valence-electron chi connectivity index (χ3n) is 6.01. The second kappa shape index (κ2) is 11.5. The summed E-state index contributed by atoms with van der Waals surface area (Å²) in [6.07, 6.45) is -1.65. The maximum atomic E-state index is 15.0. The van der Waals surface area contributed by atoms with Gasteiger partial charge in [-0.1, -0.05) is 11.6 Å². The van der Waals surface area contributed by atoms with Crippen molar-refractivity contribution in [2.24, 2.45) is 0 Å². The molecule has 0 unspecified atom stereocenters. The molecule has 0 bridgehead atoms. The minimum absolute atomic E-state index is 0.0629. The van der Waals surface area contributed by atoms with Gasteiger partial charge in [0.1, 0.15) is 16.9 Å². The van der Waals surface area contributed by atoms with Crippen LogP contribution < -0.4 is 20.4 Å². The van der Waals surface area contributed by atoms with E-state index in [1.54, 1.807) is 0 Å². The molecule has 1 aromatic carbocycles. The highest BCUT2D eigenvalue weighted by molar-refractivity contribution is 6.29. The number of cyclic esters (lactones) is 1. The predicted molar refractivity (Wildman–Crippen MR) is 130 cm³/mol. The number of nitrogens with one attached hydrogen (secondary N) is 2. The van der Waals surface area contributed by atoms with Crippen LogP contribution in [0.15, 0.2) is 30.5 Å². The van der Waals surface area contributed by atoms with Crippen molar-refractivity contribution in [3.8, 4) is 0 Å². The van der Waals surface area contributed by atoms with Crippen LogP contribution in [-0.2, 0) is 9.53 Å². The number of carbonyl (C=O) groups is 4. The first-order chi connectivity index (χ1) is 18.1. The lowest BCUT2D eigenvalue weighted by molar-refractivity contribution is -0.130. The van der Waals surface area contributed by atoms with Crippen molar-refractivity contribution in [1.29, 1.82) is 0 Å². The Bertz CT molecular complexity index is 1220. The first kappa shape index (κ1) is 26.9. The van der Waals surface area contributed by atoms with Gasteiger partial charge in [-0.2, -0.15) is 0 Å². The van der Waals surface area contributed by atoms with E-state index in [1.165, 1.54) is 28.1 Å². The number of carboxylic acid groups (broad SMARTS) is 1. The number of amides is 4. The molecule has 0 radical (unpaired) electrons. The van der Waals surface area contributed by atoms with E-state index < -0.39 is 35.8 Å². The van der Waals surface area contributed by atoms with Gasteiger partial charge in [0, 0.05) is 44.5 Å². The fraction of sp³-hybridized carbons (Fsp3) is 0.348. The molecule has 15 heteroatoms. The minimum atomic E-state index is -1.29. The van der Waals surface area contributed by atoms with Gasteiger partial charge in [0.15, 0.2) is 11.6 Å². The standard InChI is InChI=1S/C23H23ClF2N6O6/c24-18-2-1-13(9-27-18)21(34)28-11-19(33)30-3-5-31(6-4-30)20-16(25)7-14(8-17(20)26)32-12-15(38-23(32)37)10-29-22(35)36/h1-2,7-9,15,29H,3-6,10-12H2,(H,28,34)(H,35,36)/t15-/m0/s1. The predicted octanol–water partition coefficient (Wildman–Crippen LogP) is 1.68. The van der Waals surface area contributed by atoms with Crippen LogP contribution in [0, 0.1) is 11.6 Å². The number of nitrogens with zero attached hydrogens (tertiary/aromatic N) is 4. The molecule has 3 heterocycles. The van der Waals surface area contributed by atoms with Crippen LogP contribution in [-0.4, -0.2) is 90.9 Å². The van der Waals surface area contributed by atoms with Gasteiger partial charge in [0.25, 0.3) is 5.91 Å². The van der Waals surface area contributed by atoms with E-state index in [0.717, 1.165) is 17.0 Å². The molecule has 12 nitrogen and oxygen atoms in total. The van der Waals surface area contributed by atoms with E-state index in [0.29, 0.717) is 0 Å². The molecule has 2 aromatic rings. The van der Waals surface area contributed by atoms with E-state index in [-0.39, 0.29) is 73.8 Å². The summed E-state index contributed by atoms with van der Waals surface area (Å²) in [7, 11) is 0. The van der Waals surface area contributed by atoms with Gasteiger partial charge in [0.05, 0.1) is 30.9 Å². The number of carbonyl (C=O) groups excluding carboxylic acids is 3. The van der Waals surface area contributed by atoms with Gasteiger partial charge in [-0.15, -0.1) is 0 Å². The zero-order valence-electron chi connectivity index (χ0n) is 19.8. The summed E-state index contributed by atoms with van der Waals surface area (Å²) in [5, 5.41) is 13.5. The number of ether oxygens (including phenoxy) is 1. The number of pyridine rings is 1. The summed E-state index contributed by atoms with van der Waals surface area (Å²) >= 11 is 5.69. The average Bonchev–Trinajstić information content (AvgIpc) is 3.26.